The van der Waals surface area contributed by atoms with Gasteiger partial charge in [0.05, 0.1) is 0 Å². The van der Waals surface area contributed by atoms with E-state index in [9.17, 15) is 9.90 Å². The fraction of sp³-hybridized carbons (Fsp3) is 0.917. The summed E-state index contributed by atoms with van der Waals surface area (Å²) < 4.78 is 0. The molecule has 1 heterocycles. The van der Waals surface area contributed by atoms with Gasteiger partial charge in [-0.3, -0.25) is 9.69 Å². The molecule has 0 radical (unpaired) electrons. The first-order valence-corrected chi connectivity index (χ1v) is 7.20. The van der Waals surface area contributed by atoms with Crippen LogP contribution in [-0.2, 0) is 4.79 Å². The van der Waals surface area contributed by atoms with Gasteiger partial charge in [0, 0.05) is 11.8 Å². The van der Waals surface area contributed by atoms with Crippen molar-refractivity contribution in [3.8, 4) is 0 Å². The molecule has 0 aliphatic carbocycles. The van der Waals surface area contributed by atoms with Crippen LogP contribution >= 0.6 is 11.8 Å². The summed E-state index contributed by atoms with van der Waals surface area (Å²) in [6, 6.07) is 0.127. The summed E-state index contributed by atoms with van der Waals surface area (Å²) in [6.45, 7) is 4.17. The lowest BCUT2D eigenvalue weighted by Crippen LogP contribution is -2.47. The predicted octanol–water partition coefficient (Wildman–Crippen LogP) is 2.31. The first-order chi connectivity index (χ1) is 7.52. The average molecular weight is 245 g/mol. The van der Waals surface area contributed by atoms with Gasteiger partial charge in [-0.1, -0.05) is 13.8 Å². The highest BCUT2D eigenvalue weighted by Gasteiger charge is 2.29. The number of rotatable bonds is 5. The summed E-state index contributed by atoms with van der Waals surface area (Å²) >= 11 is 1.94. The number of carboxylic acids is 1. The lowest BCUT2D eigenvalue weighted by atomic mass is 10.0. The van der Waals surface area contributed by atoms with Gasteiger partial charge < -0.3 is 5.11 Å². The number of hydrogen-bond donors (Lipinski definition) is 1. The molecule has 1 N–H and O–H groups in total. The van der Waals surface area contributed by atoms with E-state index in [0.717, 1.165) is 18.6 Å². The van der Waals surface area contributed by atoms with Crippen molar-refractivity contribution in [2.24, 2.45) is 5.92 Å². The van der Waals surface area contributed by atoms with Gasteiger partial charge in [-0.05, 0) is 38.0 Å². The van der Waals surface area contributed by atoms with E-state index in [4.69, 9.17) is 0 Å². The molecule has 0 amide bonds. The van der Waals surface area contributed by atoms with Crippen LogP contribution in [0, 0.1) is 5.92 Å². The predicted molar refractivity (Wildman–Crippen MR) is 69.0 cm³/mol. The number of likely N-dealkylation sites (N-methyl/N-ethyl adjacent to an activating group) is 1. The highest BCUT2D eigenvalue weighted by molar-refractivity contribution is 7.99. The minimum absolute atomic E-state index is 0.316. The Labute approximate surface area is 103 Å². The molecular weight excluding hydrogens is 222 g/mol. The van der Waals surface area contributed by atoms with E-state index in [1.54, 1.807) is 0 Å². The fourth-order valence-electron chi connectivity index (χ4n) is 2.19. The van der Waals surface area contributed by atoms with E-state index in [2.05, 4.69) is 18.7 Å². The Morgan fingerprint density at radius 3 is 2.69 bits per heavy atom. The first-order valence-electron chi connectivity index (χ1n) is 6.05. The van der Waals surface area contributed by atoms with Crippen molar-refractivity contribution in [3.05, 3.63) is 0 Å². The van der Waals surface area contributed by atoms with E-state index in [-0.39, 0.29) is 6.04 Å². The van der Waals surface area contributed by atoms with Gasteiger partial charge in [0.25, 0.3) is 0 Å². The molecule has 1 rings (SSSR count). The van der Waals surface area contributed by atoms with Crippen molar-refractivity contribution < 1.29 is 9.90 Å². The third-order valence-corrected chi connectivity index (χ3v) is 4.38. The molecular formula is C12H23NO2S. The van der Waals surface area contributed by atoms with Crippen LogP contribution in [0.3, 0.4) is 0 Å². The summed E-state index contributed by atoms with van der Waals surface area (Å²) in [5.74, 6) is 2.07. The number of hydrogen-bond acceptors (Lipinski definition) is 3. The molecule has 1 saturated heterocycles. The minimum Gasteiger partial charge on any atom is -0.480 e. The molecule has 94 valence electrons. The van der Waals surface area contributed by atoms with Crippen LogP contribution in [0.4, 0.5) is 0 Å². The van der Waals surface area contributed by atoms with Crippen LogP contribution in [0.25, 0.3) is 0 Å². The Morgan fingerprint density at radius 1 is 1.56 bits per heavy atom. The average Bonchev–Trinajstić information content (AvgIpc) is 2.25. The molecule has 1 aliphatic rings. The molecule has 0 aromatic rings. The SMILES string of the molecule is CC(C)CC(C(=O)O)N(C)C1CCCSC1. The quantitative estimate of drug-likeness (QED) is 0.807. The van der Waals surface area contributed by atoms with E-state index < -0.39 is 5.97 Å². The van der Waals surface area contributed by atoms with Gasteiger partial charge >= 0.3 is 5.97 Å². The van der Waals surface area contributed by atoms with Crippen LogP contribution in [-0.4, -0.2) is 46.6 Å². The zero-order valence-electron chi connectivity index (χ0n) is 10.5. The second kappa shape index (κ2) is 6.50. The van der Waals surface area contributed by atoms with Crippen molar-refractivity contribution in [1.29, 1.82) is 0 Å². The number of nitrogens with zero attached hydrogens (tertiary/aromatic N) is 1. The van der Waals surface area contributed by atoms with E-state index >= 15 is 0 Å². The van der Waals surface area contributed by atoms with Crippen molar-refractivity contribution >= 4 is 17.7 Å². The monoisotopic (exact) mass is 245 g/mol. The second-order valence-corrected chi connectivity index (χ2v) is 6.17. The fourth-order valence-corrected chi connectivity index (χ4v) is 3.40. The summed E-state index contributed by atoms with van der Waals surface area (Å²) in [5.41, 5.74) is 0. The Balaban J connectivity index is 2.58. The number of carbonyl (C=O) groups is 1. The Hall–Kier alpha value is -0.220. The normalized spacial score (nSPS) is 23.7. The smallest absolute Gasteiger partial charge is 0.320 e. The molecule has 1 fully saturated rings. The lowest BCUT2D eigenvalue weighted by Gasteiger charge is -2.35. The van der Waals surface area contributed by atoms with Gasteiger partial charge in [0.1, 0.15) is 6.04 Å². The molecule has 0 saturated carbocycles. The maximum Gasteiger partial charge on any atom is 0.320 e. The molecule has 0 bridgehead atoms. The first kappa shape index (κ1) is 13.8. The van der Waals surface area contributed by atoms with Crippen LogP contribution in [0.2, 0.25) is 0 Å². The summed E-state index contributed by atoms with van der Waals surface area (Å²) in [5, 5.41) is 9.27. The highest BCUT2D eigenvalue weighted by atomic mass is 32.2. The van der Waals surface area contributed by atoms with Crippen LogP contribution < -0.4 is 0 Å². The third-order valence-electron chi connectivity index (χ3n) is 3.18. The molecule has 0 spiro atoms. The van der Waals surface area contributed by atoms with Crippen LogP contribution in [0.15, 0.2) is 0 Å². The van der Waals surface area contributed by atoms with E-state index in [1.807, 2.05) is 18.8 Å². The molecule has 0 aromatic carbocycles. The van der Waals surface area contributed by atoms with Crippen molar-refractivity contribution in [1.82, 2.24) is 4.90 Å². The summed E-state index contributed by atoms with van der Waals surface area (Å²) in [4.78, 5) is 13.3. The maximum absolute atomic E-state index is 11.3. The third kappa shape index (κ3) is 3.98. The molecule has 2 unspecified atom stereocenters. The molecule has 1 aliphatic heterocycles. The van der Waals surface area contributed by atoms with E-state index in [0.29, 0.717) is 12.0 Å². The van der Waals surface area contributed by atoms with Crippen molar-refractivity contribution in [2.75, 3.05) is 18.6 Å². The summed E-state index contributed by atoms with van der Waals surface area (Å²) in [6.07, 6.45) is 3.10. The minimum atomic E-state index is -0.674. The Morgan fingerprint density at radius 2 is 2.25 bits per heavy atom. The zero-order valence-corrected chi connectivity index (χ0v) is 11.3. The van der Waals surface area contributed by atoms with Crippen molar-refractivity contribution in [3.63, 3.8) is 0 Å². The molecule has 16 heavy (non-hydrogen) atoms. The van der Waals surface area contributed by atoms with Gasteiger partial charge in [0.15, 0.2) is 0 Å². The standard InChI is InChI=1S/C12H23NO2S/c1-9(2)7-11(12(14)15)13(3)10-5-4-6-16-8-10/h9-11H,4-8H2,1-3H3,(H,14,15). The lowest BCUT2D eigenvalue weighted by molar-refractivity contribution is -0.144. The second-order valence-electron chi connectivity index (χ2n) is 5.02. The Bertz CT molecular complexity index is 227. The largest absolute Gasteiger partial charge is 0.480 e. The Kier molecular flexibility index (Phi) is 5.62. The highest BCUT2D eigenvalue weighted by Crippen LogP contribution is 2.24. The maximum atomic E-state index is 11.3. The topological polar surface area (TPSA) is 40.5 Å². The number of carboxylic acid groups (broad SMARTS) is 1. The number of aliphatic carboxylic acids is 1. The van der Waals surface area contributed by atoms with Gasteiger partial charge in [-0.2, -0.15) is 11.8 Å². The van der Waals surface area contributed by atoms with Crippen molar-refractivity contribution in [2.45, 2.75) is 45.2 Å². The molecule has 2 atom stereocenters. The number of thioether (sulfide) groups is 1. The molecule has 3 nitrogen and oxygen atoms in total. The van der Waals surface area contributed by atoms with Crippen LogP contribution in [0.5, 0.6) is 0 Å². The van der Waals surface area contributed by atoms with Gasteiger partial charge in [-0.25, -0.2) is 0 Å². The molecule has 4 heteroatoms. The van der Waals surface area contributed by atoms with E-state index in [1.165, 1.54) is 12.2 Å². The van der Waals surface area contributed by atoms with Gasteiger partial charge in [0.2, 0.25) is 0 Å². The van der Waals surface area contributed by atoms with Crippen LogP contribution in [0.1, 0.15) is 33.1 Å². The van der Waals surface area contributed by atoms with Gasteiger partial charge in [-0.15, -0.1) is 0 Å². The molecule has 0 aromatic heterocycles. The zero-order chi connectivity index (χ0) is 12.1. The summed E-state index contributed by atoms with van der Waals surface area (Å²) in [7, 11) is 1.97.